The van der Waals surface area contributed by atoms with Crippen LogP contribution in [-0.4, -0.2) is 82.4 Å². The number of likely N-dealkylation sites (tertiary alicyclic amines) is 1. The number of β-amino-alcohol motifs (C(OH)–C–C–N with tert-alkyl or cyclic N) is 1. The highest BCUT2D eigenvalue weighted by molar-refractivity contribution is 9.09. The van der Waals surface area contributed by atoms with E-state index in [4.69, 9.17) is 14.0 Å². The molecule has 1 aliphatic heterocycles. The number of aliphatic hydroxyl groups is 1. The van der Waals surface area contributed by atoms with Crippen molar-refractivity contribution in [1.82, 2.24) is 20.4 Å². The molecule has 222 valence electrons. The summed E-state index contributed by atoms with van der Waals surface area (Å²) < 4.78 is 16.5. The topological polar surface area (TPSA) is 127 Å². The molecule has 12 heteroatoms. The fraction of sp³-hybridized carbons (Fsp3) is 0.517. The third-order valence-electron chi connectivity index (χ3n) is 7.07. The summed E-state index contributed by atoms with van der Waals surface area (Å²) in [6.07, 6.45) is -0.293. The first-order valence-corrected chi connectivity index (χ1v) is 15.7. The first-order valence-electron chi connectivity index (χ1n) is 13.7. The van der Waals surface area contributed by atoms with Gasteiger partial charge in [0, 0.05) is 31.0 Å². The molecule has 1 saturated heterocycles. The van der Waals surface area contributed by atoms with Gasteiger partial charge in [-0.15, -0.1) is 11.3 Å². The highest BCUT2D eigenvalue weighted by Crippen LogP contribution is 2.30. The smallest absolute Gasteiger partial charge is 0.243 e. The molecule has 4 atom stereocenters. The van der Waals surface area contributed by atoms with E-state index in [9.17, 15) is 14.7 Å². The van der Waals surface area contributed by atoms with Gasteiger partial charge in [0.25, 0.3) is 0 Å². The molecule has 0 radical (unpaired) electrons. The van der Waals surface area contributed by atoms with Gasteiger partial charge in [-0.2, -0.15) is 0 Å². The van der Waals surface area contributed by atoms with E-state index in [0.29, 0.717) is 44.3 Å². The number of halogens is 1. The van der Waals surface area contributed by atoms with Crippen LogP contribution in [0.2, 0.25) is 0 Å². The van der Waals surface area contributed by atoms with Crippen LogP contribution in [-0.2, 0) is 19.1 Å². The monoisotopic (exact) mass is 648 g/mol. The maximum atomic E-state index is 13.8. The molecule has 1 aliphatic rings. The van der Waals surface area contributed by atoms with Crippen LogP contribution in [0.3, 0.4) is 0 Å². The van der Waals surface area contributed by atoms with Crippen LogP contribution < -0.4 is 5.32 Å². The molecule has 3 heterocycles. The molecule has 0 saturated carbocycles. The predicted octanol–water partition coefficient (Wildman–Crippen LogP) is 4.16. The minimum atomic E-state index is -0.802. The van der Waals surface area contributed by atoms with Gasteiger partial charge in [0.05, 0.1) is 53.7 Å². The Kier molecular flexibility index (Phi) is 11.5. The fourth-order valence-electron chi connectivity index (χ4n) is 4.91. The van der Waals surface area contributed by atoms with E-state index >= 15 is 0 Å². The summed E-state index contributed by atoms with van der Waals surface area (Å²) in [5.74, 6) is -0.886. The largest absolute Gasteiger partial charge is 0.391 e. The predicted molar refractivity (Wildman–Crippen MR) is 159 cm³/mol. The second-order valence-corrected chi connectivity index (χ2v) is 11.8. The van der Waals surface area contributed by atoms with Gasteiger partial charge < -0.3 is 29.3 Å². The number of ether oxygens (including phenoxy) is 2. The molecule has 1 aromatic carbocycles. The number of nitrogens with zero attached hydrogens (tertiary/aromatic N) is 3. The third kappa shape index (κ3) is 8.23. The van der Waals surface area contributed by atoms with Crippen LogP contribution >= 0.6 is 27.3 Å². The summed E-state index contributed by atoms with van der Waals surface area (Å²) in [7, 11) is 0. The molecule has 0 bridgehead atoms. The van der Waals surface area contributed by atoms with E-state index < -0.39 is 18.1 Å². The van der Waals surface area contributed by atoms with E-state index in [-0.39, 0.29) is 30.8 Å². The maximum absolute atomic E-state index is 13.8. The van der Waals surface area contributed by atoms with E-state index in [0.717, 1.165) is 27.0 Å². The molecule has 2 aromatic heterocycles. The Balaban J connectivity index is 1.40. The van der Waals surface area contributed by atoms with E-state index in [1.807, 2.05) is 43.6 Å². The van der Waals surface area contributed by atoms with Gasteiger partial charge in [-0.3, -0.25) is 9.59 Å². The summed E-state index contributed by atoms with van der Waals surface area (Å²) in [5.41, 5.74) is 5.48. The van der Waals surface area contributed by atoms with Gasteiger partial charge >= 0.3 is 0 Å². The summed E-state index contributed by atoms with van der Waals surface area (Å²) in [6.45, 7) is 7.50. The number of rotatable bonds is 14. The van der Waals surface area contributed by atoms with Crippen molar-refractivity contribution in [3.8, 4) is 10.4 Å². The molecule has 2 amide bonds. The van der Waals surface area contributed by atoms with Crippen molar-refractivity contribution in [2.75, 3.05) is 38.3 Å². The van der Waals surface area contributed by atoms with Gasteiger partial charge in [-0.25, -0.2) is 4.98 Å². The van der Waals surface area contributed by atoms with E-state index in [1.54, 1.807) is 24.3 Å². The molecule has 3 aromatic rings. The Morgan fingerprint density at radius 2 is 1.93 bits per heavy atom. The highest BCUT2D eigenvalue weighted by Gasteiger charge is 2.42. The van der Waals surface area contributed by atoms with Crippen molar-refractivity contribution >= 4 is 39.1 Å². The minimum absolute atomic E-state index is 0.0685. The molecular weight excluding hydrogens is 612 g/mol. The number of amides is 2. The molecule has 10 nitrogen and oxygen atoms in total. The van der Waals surface area contributed by atoms with Crippen LogP contribution in [0.25, 0.3) is 10.4 Å². The van der Waals surface area contributed by atoms with Crippen LogP contribution in [0.4, 0.5) is 0 Å². The average molecular weight is 650 g/mol. The lowest BCUT2D eigenvalue weighted by Gasteiger charge is -2.28. The second-order valence-electron chi connectivity index (χ2n) is 10.1. The summed E-state index contributed by atoms with van der Waals surface area (Å²) >= 11 is 4.90. The van der Waals surface area contributed by atoms with Crippen LogP contribution in [0.1, 0.15) is 54.4 Å². The Morgan fingerprint density at radius 3 is 2.56 bits per heavy atom. The number of hydrogen-bond donors (Lipinski definition) is 2. The number of carbonyl (C=O) groups excluding carboxylic acids is 2. The van der Waals surface area contributed by atoms with Gasteiger partial charge in [0.15, 0.2) is 0 Å². The zero-order valence-corrected chi connectivity index (χ0v) is 25.9. The second kappa shape index (κ2) is 15.0. The van der Waals surface area contributed by atoms with Crippen molar-refractivity contribution in [3.63, 3.8) is 0 Å². The number of benzene rings is 1. The zero-order valence-electron chi connectivity index (χ0n) is 23.5. The molecule has 2 N–H and O–H groups in total. The van der Waals surface area contributed by atoms with Crippen LogP contribution in [0.5, 0.6) is 0 Å². The Labute approximate surface area is 252 Å². The zero-order chi connectivity index (χ0) is 29.4. The fourth-order valence-corrected chi connectivity index (χ4v) is 5.95. The molecule has 1 fully saturated rings. The first kappa shape index (κ1) is 31.3. The highest BCUT2D eigenvalue weighted by atomic mass is 79.9. The van der Waals surface area contributed by atoms with E-state index in [1.165, 1.54) is 4.90 Å². The first-order chi connectivity index (χ1) is 19.8. The number of aryl methyl sites for hydroxylation is 2. The van der Waals surface area contributed by atoms with Crippen LogP contribution in [0.15, 0.2) is 40.4 Å². The number of nitrogens with one attached hydrogen (secondary N) is 1. The molecular formula is C29H37BrN4O6S. The quantitative estimate of drug-likeness (QED) is 0.197. The maximum Gasteiger partial charge on any atom is 0.243 e. The van der Waals surface area contributed by atoms with Gasteiger partial charge in [-0.1, -0.05) is 45.4 Å². The number of alkyl halides is 1. The Hall–Kier alpha value is -2.64. The number of thiazole rings is 1. The average Bonchev–Trinajstić information content (AvgIpc) is 3.69. The Morgan fingerprint density at radius 1 is 1.20 bits per heavy atom. The number of aromatic nitrogens is 2. The van der Waals surface area contributed by atoms with Gasteiger partial charge in [0.2, 0.25) is 11.8 Å². The van der Waals surface area contributed by atoms with Crippen molar-refractivity contribution < 1.29 is 28.7 Å². The van der Waals surface area contributed by atoms with Crippen molar-refractivity contribution in [1.29, 1.82) is 0 Å². The van der Waals surface area contributed by atoms with Gasteiger partial charge in [-0.05, 0) is 38.3 Å². The number of aliphatic hydroxyl groups excluding tert-OH is 1. The molecule has 41 heavy (non-hydrogen) atoms. The van der Waals surface area contributed by atoms with E-state index in [2.05, 4.69) is 31.4 Å². The molecule has 1 unspecified atom stereocenters. The summed E-state index contributed by atoms with van der Waals surface area (Å²) in [4.78, 5) is 34.1. The lowest BCUT2D eigenvalue weighted by atomic mass is 9.99. The standard InChI is InChI=1S/C29H37BrN4O6S/c1-18-14-26(40-33-18)24(8-10-38-12-13-39-11-9-30)29(37)34-16-23(35)15-25(34)28(36)32-19(2)21-4-6-22(7-5-21)27-20(3)31-17-41-27/h4-7,14,17,19,23-25,35H,8-13,15-16H2,1-3H3,(H,32,36)/t19-,23+,24?,25-/m0/s1. The molecule has 0 aliphatic carbocycles. The minimum Gasteiger partial charge on any atom is -0.391 e. The number of carbonyl (C=O) groups is 2. The SMILES string of the molecule is Cc1cc(C(CCOCCOCCBr)C(=O)N2C[C@H](O)C[C@H]2C(=O)N[C@@H](C)c2ccc(-c3scnc3C)cc2)on1. The normalized spacial score (nSPS) is 18.4. The molecule has 0 spiro atoms. The third-order valence-corrected chi connectivity index (χ3v) is 8.38. The number of hydrogen-bond acceptors (Lipinski definition) is 9. The summed E-state index contributed by atoms with van der Waals surface area (Å²) in [5, 5.41) is 18.2. The summed E-state index contributed by atoms with van der Waals surface area (Å²) in [6, 6.07) is 8.65. The van der Waals surface area contributed by atoms with Crippen molar-refractivity contribution in [2.24, 2.45) is 0 Å². The van der Waals surface area contributed by atoms with Crippen molar-refractivity contribution in [3.05, 3.63) is 58.6 Å². The van der Waals surface area contributed by atoms with Crippen molar-refractivity contribution in [2.45, 2.75) is 57.7 Å². The van der Waals surface area contributed by atoms with Gasteiger partial charge in [0.1, 0.15) is 17.7 Å². The van der Waals surface area contributed by atoms with Crippen LogP contribution in [0, 0.1) is 13.8 Å². The molecule has 4 rings (SSSR count). The Bertz CT molecular complexity index is 1280. The lowest BCUT2D eigenvalue weighted by Crippen LogP contribution is -2.48. The lowest BCUT2D eigenvalue weighted by molar-refractivity contribution is -0.140.